The van der Waals surface area contributed by atoms with Gasteiger partial charge in [0, 0.05) is 24.6 Å². The summed E-state index contributed by atoms with van der Waals surface area (Å²) in [6.45, 7) is 2.23. The minimum Gasteiger partial charge on any atom is -0.468 e. The number of amides is 1. The number of ether oxygens (including phenoxy) is 1. The molecule has 7 heteroatoms. The molecule has 0 aliphatic carbocycles. The van der Waals surface area contributed by atoms with Gasteiger partial charge in [-0.3, -0.25) is 9.69 Å². The summed E-state index contributed by atoms with van der Waals surface area (Å²) in [5.41, 5.74) is 0.356. The van der Waals surface area contributed by atoms with Gasteiger partial charge in [-0.25, -0.2) is 8.78 Å². The largest absolute Gasteiger partial charge is 0.468 e. The van der Waals surface area contributed by atoms with Crippen molar-refractivity contribution in [3.8, 4) is 5.95 Å². The molecule has 0 saturated carbocycles. The van der Waals surface area contributed by atoms with E-state index in [0.29, 0.717) is 18.0 Å². The average Bonchev–Trinajstić information content (AvgIpc) is 3.37. The van der Waals surface area contributed by atoms with Crippen LogP contribution >= 0.6 is 0 Å². The van der Waals surface area contributed by atoms with E-state index < -0.39 is 11.6 Å². The van der Waals surface area contributed by atoms with Crippen LogP contribution in [0.3, 0.4) is 0 Å². The van der Waals surface area contributed by atoms with Gasteiger partial charge in [-0.1, -0.05) is 12.1 Å². The van der Waals surface area contributed by atoms with Gasteiger partial charge in [-0.15, -0.1) is 0 Å². The standard InChI is InChI=1S/C21H22F2N2O3/c1-27-17-6-5-16(28-17)21(26)25-11-14(13-3-2-4-15(22)18(13)23)20-19(25)12-7-9-24(20)10-8-12/h2-6,12,14,19-20H,7-11H2,1H3/t14-,19+,20+/m0/s1. The Kier molecular flexibility index (Phi) is 4.16. The third-order valence-electron chi connectivity index (χ3n) is 6.63. The number of piperidine rings is 3. The lowest BCUT2D eigenvalue weighted by Gasteiger charge is -2.51. The van der Waals surface area contributed by atoms with Gasteiger partial charge in [0.15, 0.2) is 17.4 Å². The van der Waals surface area contributed by atoms with Crippen LogP contribution in [0.2, 0.25) is 0 Å². The molecule has 4 aliphatic heterocycles. The minimum absolute atomic E-state index is 0.00427. The fourth-order valence-electron chi connectivity index (χ4n) is 5.42. The number of likely N-dealkylation sites (tertiary alicyclic amines) is 1. The fourth-order valence-corrected chi connectivity index (χ4v) is 5.42. The van der Waals surface area contributed by atoms with Crippen LogP contribution in [0.25, 0.3) is 0 Å². The smallest absolute Gasteiger partial charge is 0.290 e. The molecule has 4 fully saturated rings. The molecule has 1 amide bonds. The van der Waals surface area contributed by atoms with Crippen LogP contribution < -0.4 is 4.74 Å². The van der Waals surface area contributed by atoms with Gasteiger partial charge in [0.2, 0.25) is 0 Å². The molecule has 2 aromatic rings. The first-order valence-electron chi connectivity index (χ1n) is 9.71. The Balaban J connectivity index is 1.54. The lowest BCUT2D eigenvalue weighted by molar-refractivity contribution is -0.00457. The maximum absolute atomic E-state index is 14.6. The fraction of sp³-hybridized carbons (Fsp3) is 0.476. The van der Waals surface area contributed by atoms with Crippen molar-refractivity contribution in [2.24, 2.45) is 5.92 Å². The van der Waals surface area contributed by atoms with E-state index in [4.69, 9.17) is 9.15 Å². The van der Waals surface area contributed by atoms with Gasteiger partial charge in [-0.05, 0) is 49.5 Å². The lowest BCUT2D eigenvalue weighted by atomic mass is 9.75. The predicted octanol–water partition coefficient (Wildman–Crippen LogP) is 3.27. The maximum Gasteiger partial charge on any atom is 0.290 e. The SMILES string of the molecule is COc1ccc(C(=O)N2C[C@@H](c3cccc(F)c3F)[C@@H]3[C@H]2C2CCN3CC2)o1. The van der Waals surface area contributed by atoms with Crippen LogP contribution in [0.4, 0.5) is 8.78 Å². The molecule has 1 aromatic carbocycles. The first-order valence-corrected chi connectivity index (χ1v) is 9.71. The van der Waals surface area contributed by atoms with Crippen LogP contribution in [0.1, 0.15) is 34.9 Å². The van der Waals surface area contributed by atoms with Crippen LogP contribution in [0.15, 0.2) is 34.7 Å². The Morgan fingerprint density at radius 2 is 1.93 bits per heavy atom. The highest BCUT2D eigenvalue weighted by atomic mass is 19.2. The molecular formula is C21H22F2N2O3. The summed E-state index contributed by atoms with van der Waals surface area (Å²) in [5.74, 6) is -1.25. The average molecular weight is 388 g/mol. The molecule has 148 valence electrons. The summed E-state index contributed by atoms with van der Waals surface area (Å²) in [7, 11) is 1.48. The molecule has 28 heavy (non-hydrogen) atoms. The number of carbonyl (C=O) groups is 1. The maximum atomic E-state index is 14.6. The van der Waals surface area contributed by atoms with Crippen molar-refractivity contribution in [3.63, 3.8) is 0 Å². The lowest BCUT2D eigenvalue weighted by Crippen LogP contribution is -2.60. The minimum atomic E-state index is -0.842. The molecule has 4 aliphatic rings. The molecule has 0 spiro atoms. The van der Waals surface area contributed by atoms with Crippen molar-refractivity contribution in [3.05, 3.63) is 53.3 Å². The van der Waals surface area contributed by atoms with E-state index in [1.807, 2.05) is 4.90 Å². The molecule has 4 saturated heterocycles. The van der Waals surface area contributed by atoms with E-state index in [0.717, 1.165) is 32.0 Å². The van der Waals surface area contributed by atoms with Crippen LogP contribution in [-0.2, 0) is 0 Å². The zero-order valence-electron chi connectivity index (χ0n) is 15.6. The Morgan fingerprint density at radius 3 is 2.64 bits per heavy atom. The van der Waals surface area contributed by atoms with Gasteiger partial charge < -0.3 is 14.1 Å². The number of fused-ring (bicyclic) bond motifs is 2. The number of halogens is 2. The first kappa shape index (κ1) is 17.7. The van der Waals surface area contributed by atoms with Crippen molar-refractivity contribution >= 4 is 5.91 Å². The van der Waals surface area contributed by atoms with E-state index in [2.05, 4.69) is 4.90 Å². The molecule has 5 heterocycles. The summed E-state index contributed by atoms with van der Waals surface area (Å²) in [4.78, 5) is 17.4. The first-order chi connectivity index (χ1) is 13.6. The van der Waals surface area contributed by atoms with E-state index in [1.54, 1.807) is 24.3 Å². The molecule has 2 bridgehead atoms. The second-order valence-corrected chi connectivity index (χ2v) is 7.88. The summed E-state index contributed by atoms with van der Waals surface area (Å²) >= 11 is 0. The van der Waals surface area contributed by atoms with Gasteiger partial charge >= 0.3 is 0 Å². The van der Waals surface area contributed by atoms with Crippen LogP contribution in [0, 0.1) is 17.6 Å². The monoisotopic (exact) mass is 388 g/mol. The topological polar surface area (TPSA) is 45.9 Å². The van der Waals surface area contributed by atoms with Crippen molar-refractivity contribution < 1.29 is 22.7 Å². The number of furan rings is 1. The van der Waals surface area contributed by atoms with E-state index in [-0.39, 0.29) is 35.6 Å². The number of nitrogens with zero attached hydrogens (tertiary/aromatic N) is 2. The molecule has 3 atom stereocenters. The van der Waals surface area contributed by atoms with Crippen molar-refractivity contribution in [1.82, 2.24) is 9.80 Å². The molecule has 0 N–H and O–H groups in total. The summed E-state index contributed by atoms with van der Waals surface area (Å²) < 4.78 is 39.1. The highest BCUT2D eigenvalue weighted by molar-refractivity contribution is 5.92. The molecule has 6 rings (SSSR count). The van der Waals surface area contributed by atoms with Gasteiger partial charge in [-0.2, -0.15) is 0 Å². The van der Waals surface area contributed by atoms with Crippen LogP contribution in [-0.4, -0.2) is 54.5 Å². The van der Waals surface area contributed by atoms with E-state index in [9.17, 15) is 13.6 Å². The zero-order valence-corrected chi connectivity index (χ0v) is 15.6. The Bertz CT molecular complexity index is 907. The Labute approximate surface area is 161 Å². The second-order valence-electron chi connectivity index (χ2n) is 7.88. The van der Waals surface area contributed by atoms with Gasteiger partial charge in [0.1, 0.15) is 0 Å². The van der Waals surface area contributed by atoms with Gasteiger partial charge in [0.05, 0.1) is 13.2 Å². The number of methoxy groups -OCH3 is 1. The van der Waals surface area contributed by atoms with Crippen molar-refractivity contribution in [2.45, 2.75) is 30.8 Å². The Hall–Kier alpha value is -2.41. The quantitative estimate of drug-likeness (QED) is 0.810. The summed E-state index contributed by atoms with van der Waals surface area (Å²) in [5, 5.41) is 0. The molecule has 0 radical (unpaired) electrons. The van der Waals surface area contributed by atoms with Crippen molar-refractivity contribution in [2.75, 3.05) is 26.7 Å². The number of hydrogen-bond donors (Lipinski definition) is 0. The zero-order chi connectivity index (χ0) is 19.4. The predicted molar refractivity (Wildman–Crippen MR) is 97.3 cm³/mol. The van der Waals surface area contributed by atoms with E-state index >= 15 is 0 Å². The highest BCUT2D eigenvalue weighted by Crippen LogP contribution is 2.47. The number of rotatable bonds is 3. The molecular weight excluding hydrogens is 366 g/mol. The molecule has 1 aromatic heterocycles. The highest BCUT2D eigenvalue weighted by Gasteiger charge is 2.55. The number of carbonyl (C=O) groups excluding carboxylic acids is 1. The van der Waals surface area contributed by atoms with Gasteiger partial charge in [0.25, 0.3) is 11.9 Å². The van der Waals surface area contributed by atoms with Crippen LogP contribution in [0.5, 0.6) is 5.95 Å². The summed E-state index contributed by atoms with van der Waals surface area (Å²) in [6.07, 6.45) is 2.04. The normalized spacial score (nSPS) is 31.1. The summed E-state index contributed by atoms with van der Waals surface area (Å²) in [6, 6.07) is 7.53. The molecule has 0 unspecified atom stereocenters. The third kappa shape index (κ3) is 2.56. The third-order valence-corrected chi connectivity index (χ3v) is 6.63. The van der Waals surface area contributed by atoms with E-state index in [1.165, 1.54) is 7.11 Å². The molecule has 5 nitrogen and oxygen atoms in total. The number of benzene rings is 1. The van der Waals surface area contributed by atoms with Crippen molar-refractivity contribution in [1.29, 1.82) is 0 Å². The second kappa shape index (κ2) is 6.58. The number of hydrogen-bond acceptors (Lipinski definition) is 4. The Morgan fingerprint density at radius 1 is 1.14 bits per heavy atom.